The maximum Gasteiger partial charge on any atom is 0.328 e. The Bertz CT molecular complexity index is 457. The number of hydrogen-bond donors (Lipinski definition) is 1. The van der Waals surface area contributed by atoms with Crippen molar-refractivity contribution in [3.63, 3.8) is 0 Å². The van der Waals surface area contributed by atoms with Crippen LogP contribution in [0.2, 0.25) is 0 Å². The van der Waals surface area contributed by atoms with Gasteiger partial charge >= 0.3 is 5.97 Å². The van der Waals surface area contributed by atoms with Gasteiger partial charge in [-0.15, -0.1) is 0 Å². The molecule has 1 rings (SSSR count). The molecule has 104 valence electrons. The molecule has 19 heavy (non-hydrogen) atoms. The number of carbonyl (C=O) groups is 1. The molecule has 0 aliphatic carbocycles. The lowest BCUT2D eigenvalue weighted by atomic mass is 10.1. The van der Waals surface area contributed by atoms with Crippen LogP contribution in [0, 0.1) is 5.82 Å². The second-order valence-electron chi connectivity index (χ2n) is 4.48. The molecule has 1 aromatic carbocycles. The van der Waals surface area contributed by atoms with Crippen molar-refractivity contribution in [1.82, 2.24) is 0 Å². The summed E-state index contributed by atoms with van der Waals surface area (Å²) < 4.78 is 13.9. The zero-order valence-electron chi connectivity index (χ0n) is 11.4. The van der Waals surface area contributed by atoms with Gasteiger partial charge in [-0.2, -0.15) is 0 Å². The van der Waals surface area contributed by atoms with E-state index in [0.717, 1.165) is 31.9 Å². The summed E-state index contributed by atoms with van der Waals surface area (Å²) in [6.07, 6.45) is 5.65. The number of carboxylic acids is 1. The number of hydrogen-bond acceptors (Lipinski definition) is 2. The monoisotopic (exact) mass is 265 g/mol. The van der Waals surface area contributed by atoms with Gasteiger partial charge in [0, 0.05) is 25.2 Å². The minimum Gasteiger partial charge on any atom is -0.478 e. The minimum absolute atomic E-state index is 0.327. The highest BCUT2D eigenvalue weighted by Gasteiger charge is 2.11. The maximum atomic E-state index is 13.9. The molecule has 1 N–H and O–H groups in total. The zero-order valence-corrected chi connectivity index (χ0v) is 11.4. The molecule has 3 nitrogen and oxygen atoms in total. The number of rotatable bonds is 7. The highest BCUT2D eigenvalue weighted by Crippen LogP contribution is 2.25. The van der Waals surface area contributed by atoms with Crippen LogP contribution in [0.5, 0.6) is 0 Å². The van der Waals surface area contributed by atoms with Gasteiger partial charge in [-0.1, -0.05) is 31.9 Å². The average Bonchev–Trinajstić information content (AvgIpc) is 2.36. The Morgan fingerprint density at radius 2 is 2.16 bits per heavy atom. The lowest BCUT2D eigenvalue weighted by Gasteiger charge is -2.22. The number of benzene rings is 1. The van der Waals surface area contributed by atoms with Crippen LogP contribution in [0.15, 0.2) is 24.3 Å². The van der Waals surface area contributed by atoms with Gasteiger partial charge < -0.3 is 10.0 Å². The Morgan fingerprint density at radius 3 is 2.79 bits per heavy atom. The van der Waals surface area contributed by atoms with Crippen molar-refractivity contribution in [2.45, 2.75) is 26.2 Å². The van der Waals surface area contributed by atoms with Crippen molar-refractivity contribution >= 4 is 17.7 Å². The van der Waals surface area contributed by atoms with E-state index in [4.69, 9.17) is 5.11 Å². The van der Waals surface area contributed by atoms with Gasteiger partial charge in [-0.05, 0) is 18.6 Å². The molecule has 0 spiro atoms. The summed E-state index contributed by atoms with van der Waals surface area (Å²) in [7, 11) is 1.83. The Labute approximate surface area is 113 Å². The van der Waals surface area contributed by atoms with Gasteiger partial charge in [0.25, 0.3) is 0 Å². The van der Waals surface area contributed by atoms with E-state index >= 15 is 0 Å². The number of halogens is 1. The molecule has 1 aromatic rings. The lowest BCUT2D eigenvalue weighted by Crippen LogP contribution is -2.20. The first kappa shape index (κ1) is 15.2. The number of carboxylic acid groups (broad SMARTS) is 1. The predicted molar refractivity (Wildman–Crippen MR) is 75.9 cm³/mol. The molecule has 0 aliphatic rings. The summed E-state index contributed by atoms with van der Waals surface area (Å²) in [5.41, 5.74) is 1.04. The largest absolute Gasteiger partial charge is 0.478 e. The summed E-state index contributed by atoms with van der Waals surface area (Å²) in [5.74, 6) is -1.37. The fraction of sp³-hybridized carbons (Fsp3) is 0.400. The summed E-state index contributed by atoms with van der Waals surface area (Å²) >= 11 is 0. The van der Waals surface area contributed by atoms with E-state index in [1.165, 1.54) is 12.1 Å². The molecule has 0 unspecified atom stereocenters. The van der Waals surface area contributed by atoms with E-state index in [1.807, 2.05) is 11.9 Å². The molecular formula is C15H20FNO2. The van der Waals surface area contributed by atoms with Gasteiger partial charge in [0.1, 0.15) is 5.82 Å². The first-order chi connectivity index (χ1) is 9.06. The Hall–Kier alpha value is -1.84. The summed E-state index contributed by atoms with van der Waals surface area (Å²) in [6.45, 7) is 2.87. The van der Waals surface area contributed by atoms with Crippen LogP contribution < -0.4 is 4.90 Å². The Morgan fingerprint density at radius 1 is 1.42 bits per heavy atom. The predicted octanol–water partition coefficient (Wildman–Crippen LogP) is 3.55. The highest BCUT2D eigenvalue weighted by molar-refractivity contribution is 5.87. The number of anilines is 1. The maximum absolute atomic E-state index is 13.9. The lowest BCUT2D eigenvalue weighted by molar-refractivity contribution is -0.131. The van der Waals surface area contributed by atoms with Crippen LogP contribution in [0.4, 0.5) is 10.1 Å². The molecule has 0 aliphatic heterocycles. The molecule has 0 amide bonds. The van der Waals surface area contributed by atoms with E-state index in [2.05, 4.69) is 6.92 Å². The van der Waals surface area contributed by atoms with E-state index in [1.54, 1.807) is 12.1 Å². The Balaban J connectivity index is 2.93. The molecule has 0 atom stereocenters. The second-order valence-corrected chi connectivity index (χ2v) is 4.48. The zero-order chi connectivity index (χ0) is 14.3. The quantitative estimate of drug-likeness (QED) is 0.605. The molecule has 4 heteroatoms. The molecule has 0 fully saturated rings. The Kier molecular flexibility index (Phi) is 6.06. The molecule has 0 aromatic heterocycles. The number of aliphatic carboxylic acids is 1. The van der Waals surface area contributed by atoms with Crippen molar-refractivity contribution in [3.8, 4) is 0 Å². The van der Waals surface area contributed by atoms with E-state index in [-0.39, 0.29) is 5.82 Å². The van der Waals surface area contributed by atoms with Crippen molar-refractivity contribution in [2.24, 2.45) is 0 Å². The molecular weight excluding hydrogens is 245 g/mol. The van der Waals surface area contributed by atoms with Gasteiger partial charge in [0.05, 0.1) is 5.69 Å². The van der Waals surface area contributed by atoms with Crippen LogP contribution in [0.1, 0.15) is 31.7 Å². The molecule has 0 radical (unpaired) electrons. The molecule has 0 bridgehead atoms. The molecule has 0 saturated carbocycles. The SMILES string of the molecule is CCCCCN(C)c1c(F)cccc1/C=C/C(=O)O. The van der Waals surface area contributed by atoms with E-state index in [9.17, 15) is 9.18 Å². The van der Waals surface area contributed by atoms with Crippen LogP contribution >= 0.6 is 0 Å². The topological polar surface area (TPSA) is 40.5 Å². The third-order valence-corrected chi connectivity index (χ3v) is 2.90. The van der Waals surface area contributed by atoms with Crippen LogP contribution in [-0.2, 0) is 4.79 Å². The normalized spacial score (nSPS) is 10.9. The summed E-state index contributed by atoms with van der Waals surface area (Å²) in [4.78, 5) is 12.4. The standard InChI is InChI=1S/C15H20FNO2/c1-3-4-5-11-17(2)15-12(9-10-14(18)19)7-6-8-13(15)16/h6-10H,3-5,11H2,1-2H3,(H,18,19)/b10-9+. The molecule has 0 heterocycles. The number of unbranched alkanes of at least 4 members (excludes halogenated alkanes) is 2. The summed E-state index contributed by atoms with van der Waals surface area (Å²) in [5, 5.41) is 8.65. The first-order valence-electron chi connectivity index (χ1n) is 6.47. The van der Waals surface area contributed by atoms with Gasteiger partial charge in [-0.25, -0.2) is 9.18 Å². The van der Waals surface area contributed by atoms with E-state index < -0.39 is 5.97 Å². The summed E-state index contributed by atoms with van der Waals surface area (Å²) in [6, 6.07) is 4.69. The van der Waals surface area contributed by atoms with Crippen LogP contribution in [0.3, 0.4) is 0 Å². The van der Waals surface area contributed by atoms with Gasteiger partial charge in [0.15, 0.2) is 0 Å². The van der Waals surface area contributed by atoms with E-state index in [0.29, 0.717) is 11.3 Å². The van der Waals surface area contributed by atoms with Gasteiger partial charge in [0.2, 0.25) is 0 Å². The van der Waals surface area contributed by atoms with Crippen LogP contribution in [-0.4, -0.2) is 24.7 Å². The van der Waals surface area contributed by atoms with Crippen molar-refractivity contribution in [1.29, 1.82) is 0 Å². The highest BCUT2D eigenvalue weighted by atomic mass is 19.1. The fourth-order valence-corrected chi connectivity index (χ4v) is 1.94. The van der Waals surface area contributed by atoms with Crippen LogP contribution in [0.25, 0.3) is 6.08 Å². The average molecular weight is 265 g/mol. The van der Waals surface area contributed by atoms with Crippen molar-refractivity contribution < 1.29 is 14.3 Å². The molecule has 0 saturated heterocycles. The third-order valence-electron chi connectivity index (χ3n) is 2.90. The van der Waals surface area contributed by atoms with Crippen molar-refractivity contribution in [3.05, 3.63) is 35.7 Å². The van der Waals surface area contributed by atoms with Crippen molar-refractivity contribution in [2.75, 3.05) is 18.5 Å². The number of nitrogens with zero attached hydrogens (tertiary/aromatic N) is 1. The third kappa shape index (κ3) is 4.73. The smallest absolute Gasteiger partial charge is 0.328 e. The fourth-order valence-electron chi connectivity index (χ4n) is 1.94. The van der Waals surface area contributed by atoms with Gasteiger partial charge in [-0.3, -0.25) is 0 Å². The minimum atomic E-state index is -1.04. The number of para-hydroxylation sites is 1. The first-order valence-corrected chi connectivity index (χ1v) is 6.47. The second kappa shape index (κ2) is 7.56.